The molecule has 2 aromatic heterocycles. The Morgan fingerprint density at radius 2 is 1.91 bits per heavy atom. The lowest BCUT2D eigenvalue weighted by atomic mass is 10.0. The van der Waals surface area contributed by atoms with E-state index in [1.807, 2.05) is 28.5 Å². The minimum absolute atomic E-state index is 0.0818. The van der Waals surface area contributed by atoms with E-state index in [9.17, 15) is 14.0 Å². The van der Waals surface area contributed by atoms with Crippen LogP contribution in [0.15, 0.2) is 59.0 Å². The summed E-state index contributed by atoms with van der Waals surface area (Å²) in [4.78, 5) is 33.6. The molecule has 2 aliphatic rings. The fraction of sp³-hybridized carbons (Fsp3) is 0.269. The van der Waals surface area contributed by atoms with Gasteiger partial charge in [0.1, 0.15) is 30.4 Å². The molecule has 1 fully saturated rings. The zero-order valence-electron chi connectivity index (χ0n) is 18.8. The van der Waals surface area contributed by atoms with Crippen LogP contribution in [0.3, 0.4) is 0 Å². The molecule has 6 rings (SSSR count). The van der Waals surface area contributed by atoms with Crippen LogP contribution in [0.2, 0.25) is 0 Å². The molecule has 0 N–H and O–H groups in total. The van der Waals surface area contributed by atoms with Gasteiger partial charge in [-0.1, -0.05) is 18.2 Å². The highest BCUT2D eigenvalue weighted by atomic mass is 32.1. The van der Waals surface area contributed by atoms with Crippen molar-refractivity contribution in [1.82, 2.24) is 14.5 Å². The van der Waals surface area contributed by atoms with E-state index < -0.39 is 0 Å². The van der Waals surface area contributed by atoms with Gasteiger partial charge in [0.2, 0.25) is 5.91 Å². The molecule has 35 heavy (non-hydrogen) atoms. The van der Waals surface area contributed by atoms with Crippen molar-refractivity contribution >= 4 is 27.5 Å². The quantitative estimate of drug-likeness (QED) is 0.423. The van der Waals surface area contributed by atoms with Gasteiger partial charge in [0.05, 0.1) is 17.8 Å². The second-order valence-corrected chi connectivity index (χ2v) is 9.52. The fourth-order valence-corrected chi connectivity index (χ4v) is 5.74. The topological polar surface area (TPSA) is 73.7 Å². The first-order chi connectivity index (χ1) is 17.1. The number of ether oxygens (including phenoxy) is 2. The summed E-state index contributed by atoms with van der Waals surface area (Å²) in [5.74, 6) is 0.941. The third kappa shape index (κ3) is 3.95. The lowest BCUT2D eigenvalue weighted by Crippen LogP contribution is -2.36. The molecule has 1 amide bonds. The molecule has 0 saturated carbocycles. The predicted octanol–water partition coefficient (Wildman–Crippen LogP) is 4.40. The average Bonchev–Trinajstić information content (AvgIpc) is 3.54. The first kappa shape index (κ1) is 21.8. The second kappa shape index (κ2) is 8.81. The van der Waals surface area contributed by atoms with E-state index in [1.165, 1.54) is 34.4 Å². The van der Waals surface area contributed by atoms with Crippen LogP contribution in [0.4, 0.5) is 4.39 Å². The summed E-state index contributed by atoms with van der Waals surface area (Å²) in [6, 6.07) is 11.7. The van der Waals surface area contributed by atoms with Gasteiger partial charge in [0, 0.05) is 17.5 Å². The number of amides is 1. The number of carbonyl (C=O) groups excluding carboxylic acids is 1. The maximum atomic E-state index is 13.4. The highest BCUT2D eigenvalue weighted by Gasteiger charge is 2.31. The molecule has 0 aliphatic carbocycles. The average molecular weight is 492 g/mol. The van der Waals surface area contributed by atoms with Crippen LogP contribution in [0.25, 0.3) is 21.3 Å². The second-order valence-electron chi connectivity index (χ2n) is 8.66. The molecule has 4 heterocycles. The van der Waals surface area contributed by atoms with Gasteiger partial charge >= 0.3 is 0 Å². The van der Waals surface area contributed by atoms with E-state index in [-0.39, 0.29) is 29.9 Å². The maximum absolute atomic E-state index is 13.4. The molecule has 4 aromatic rings. The summed E-state index contributed by atoms with van der Waals surface area (Å²) < 4.78 is 26.1. The molecule has 7 nitrogen and oxygen atoms in total. The Bertz CT molecular complexity index is 1480. The SMILES string of the molecule is O=C(Cn1cnc2scc(-c3ccc(F)cc3)c2c1=O)N1CCCC1c1ccc2c(c1)OCCO2. The predicted molar refractivity (Wildman–Crippen MR) is 130 cm³/mol. The lowest BCUT2D eigenvalue weighted by Gasteiger charge is -2.27. The standard InChI is InChI=1S/C26H22FN3O4S/c27-18-6-3-16(4-7-18)19-14-35-25-24(19)26(32)29(15-28-25)13-23(31)30-9-1-2-20(30)17-5-8-21-22(12-17)34-11-10-33-21/h3-8,12,14-15,20H,1-2,9-11,13H2. The lowest BCUT2D eigenvalue weighted by molar-refractivity contribution is -0.132. The maximum Gasteiger partial charge on any atom is 0.263 e. The van der Waals surface area contributed by atoms with Gasteiger partial charge in [-0.2, -0.15) is 0 Å². The monoisotopic (exact) mass is 491 g/mol. The van der Waals surface area contributed by atoms with Gasteiger partial charge in [-0.3, -0.25) is 14.2 Å². The Labute approximate surface area is 204 Å². The first-order valence-corrected chi connectivity index (χ1v) is 12.4. The third-order valence-electron chi connectivity index (χ3n) is 6.55. The number of likely N-dealkylation sites (tertiary alicyclic amines) is 1. The highest BCUT2D eigenvalue weighted by molar-refractivity contribution is 7.17. The number of hydrogen-bond acceptors (Lipinski definition) is 6. The number of fused-ring (bicyclic) bond motifs is 2. The summed E-state index contributed by atoms with van der Waals surface area (Å²) in [6.07, 6.45) is 3.16. The van der Waals surface area contributed by atoms with Crippen LogP contribution in [0.5, 0.6) is 11.5 Å². The van der Waals surface area contributed by atoms with Crippen molar-refractivity contribution in [2.45, 2.75) is 25.4 Å². The van der Waals surface area contributed by atoms with Gasteiger partial charge in [0.15, 0.2) is 11.5 Å². The summed E-state index contributed by atoms with van der Waals surface area (Å²) in [5, 5.41) is 2.29. The number of thiophene rings is 1. The van der Waals surface area contributed by atoms with Crippen molar-refractivity contribution in [3.63, 3.8) is 0 Å². The molecule has 0 bridgehead atoms. The molecule has 2 aliphatic heterocycles. The molecule has 1 atom stereocenters. The minimum Gasteiger partial charge on any atom is -0.486 e. The molecule has 1 saturated heterocycles. The Hall–Kier alpha value is -3.72. The fourth-order valence-electron chi connectivity index (χ4n) is 4.84. The number of hydrogen-bond donors (Lipinski definition) is 0. The van der Waals surface area contributed by atoms with Crippen molar-refractivity contribution in [2.75, 3.05) is 19.8 Å². The Morgan fingerprint density at radius 3 is 2.74 bits per heavy atom. The number of halogens is 1. The van der Waals surface area contributed by atoms with Crippen molar-refractivity contribution in [3.8, 4) is 22.6 Å². The number of aromatic nitrogens is 2. The van der Waals surface area contributed by atoms with Crippen LogP contribution < -0.4 is 15.0 Å². The molecule has 1 unspecified atom stereocenters. The first-order valence-electron chi connectivity index (χ1n) is 11.5. The van der Waals surface area contributed by atoms with Gasteiger partial charge in [-0.05, 0) is 48.2 Å². The van der Waals surface area contributed by atoms with Gasteiger partial charge in [-0.25, -0.2) is 9.37 Å². The molecular weight excluding hydrogens is 469 g/mol. The summed E-state index contributed by atoms with van der Waals surface area (Å²) >= 11 is 1.35. The smallest absolute Gasteiger partial charge is 0.263 e. The number of benzene rings is 2. The number of nitrogens with zero attached hydrogens (tertiary/aromatic N) is 3. The van der Waals surface area contributed by atoms with Crippen molar-refractivity contribution < 1.29 is 18.7 Å². The van der Waals surface area contributed by atoms with E-state index >= 15 is 0 Å². The van der Waals surface area contributed by atoms with Crippen LogP contribution in [0, 0.1) is 5.82 Å². The summed E-state index contributed by atoms with van der Waals surface area (Å²) in [7, 11) is 0. The van der Waals surface area contributed by atoms with E-state index in [2.05, 4.69) is 4.98 Å². The third-order valence-corrected chi connectivity index (χ3v) is 7.43. The van der Waals surface area contributed by atoms with Gasteiger partial charge < -0.3 is 14.4 Å². The Kier molecular flexibility index (Phi) is 5.49. The summed E-state index contributed by atoms with van der Waals surface area (Å²) in [6.45, 7) is 1.56. The molecule has 2 aromatic carbocycles. The van der Waals surface area contributed by atoms with Crippen LogP contribution >= 0.6 is 11.3 Å². The minimum atomic E-state index is -0.340. The number of rotatable bonds is 4. The Balaban J connectivity index is 1.28. The highest BCUT2D eigenvalue weighted by Crippen LogP contribution is 2.38. The molecule has 178 valence electrons. The van der Waals surface area contributed by atoms with Crippen molar-refractivity contribution in [2.24, 2.45) is 0 Å². The Morgan fingerprint density at radius 1 is 1.11 bits per heavy atom. The largest absolute Gasteiger partial charge is 0.486 e. The van der Waals surface area contributed by atoms with Crippen LogP contribution in [-0.4, -0.2) is 40.1 Å². The normalized spacial score (nSPS) is 17.2. The van der Waals surface area contributed by atoms with Crippen LogP contribution in [-0.2, 0) is 11.3 Å². The van der Waals surface area contributed by atoms with E-state index in [4.69, 9.17) is 9.47 Å². The molecule has 9 heteroatoms. The molecule has 0 spiro atoms. The zero-order chi connectivity index (χ0) is 23.9. The molecular formula is C26H22FN3O4S. The van der Waals surface area contributed by atoms with Gasteiger partial charge in [-0.15, -0.1) is 11.3 Å². The van der Waals surface area contributed by atoms with E-state index in [1.54, 1.807) is 12.1 Å². The van der Waals surface area contributed by atoms with Crippen molar-refractivity contribution in [1.29, 1.82) is 0 Å². The van der Waals surface area contributed by atoms with Crippen molar-refractivity contribution in [3.05, 3.63) is 75.9 Å². The van der Waals surface area contributed by atoms with E-state index in [0.29, 0.717) is 41.3 Å². The molecule has 0 radical (unpaired) electrons. The zero-order valence-corrected chi connectivity index (χ0v) is 19.6. The summed E-state index contributed by atoms with van der Waals surface area (Å²) in [5.41, 5.74) is 2.15. The number of carbonyl (C=O) groups is 1. The van der Waals surface area contributed by atoms with Crippen LogP contribution in [0.1, 0.15) is 24.4 Å². The van der Waals surface area contributed by atoms with E-state index in [0.717, 1.165) is 29.7 Å². The van der Waals surface area contributed by atoms with Gasteiger partial charge in [0.25, 0.3) is 5.56 Å².